The van der Waals surface area contributed by atoms with E-state index in [1.165, 1.54) is 32.1 Å². The normalized spacial score (nSPS) is 39.5. The SMILES string of the molecule is C[C@H]1CCC=C2CC[C@@H](c3cc3=O)C[C@@]21C. The standard InChI is InChI=1S/C15H20O/c1-10-4-3-5-12-7-6-11(9-15(10,12)2)13-8-14(13)16/h5,8,10-11H,3-4,6-7,9H2,1-2H3/t10-,11+,15+/m0/s1. The summed E-state index contributed by atoms with van der Waals surface area (Å²) in [5, 5.41) is 0. The summed E-state index contributed by atoms with van der Waals surface area (Å²) in [5.41, 5.74) is 3.52. The van der Waals surface area contributed by atoms with Crippen LogP contribution in [0.2, 0.25) is 0 Å². The largest absolute Gasteiger partial charge is 0.290 e. The molecular formula is C15H20O. The molecule has 86 valence electrons. The van der Waals surface area contributed by atoms with Crippen LogP contribution in [0, 0.1) is 11.3 Å². The number of allylic oxidation sites excluding steroid dienone is 2. The molecule has 1 aromatic rings. The molecule has 0 spiro atoms. The summed E-state index contributed by atoms with van der Waals surface area (Å²) in [5.74, 6) is 1.35. The molecule has 0 N–H and O–H groups in total. The zero-order valence-electron chi connectivity index (χ0n) is 10.3. The van der Waals surface area contributed by atoms with Crippen molar-refractivity contribution in [3.8, 4) is 0 Å². The summed E-state index contributed by atoms with van der Waals surface area (Å²) in [7, 11) is 0. The van der Waals surface area contributed by atoms with Gasteiger partial charge in [0.25, 0.3) is 0 Å². The van der Waals surface area contributed by atoms with Crippen LogP contribution < -0.4 is 5.43 Å². The van der Waals surface area contributed by atoms with Gasteiger partial charge in [-0.15, -0.1) is 0 Å². The fourth-order valence-corrected chi connectivity index (χ4v) is 3.73. The van der Waals surface area contributed by atoms with Gasteiger partial charge in [-0.25, -0.2) is 0 Å². The van der Waals surface area contributed by atoms with Gasteiger partial charge in [-0.2, -0.15) is 0 Å². The van der Waals surface area contributed by atoms with E-state index in [9.17, 15) is 4.79 Å². The fourth-order valence-electron chi connectivity index (χ4n) is 3.73. The summed E-state index contributed by atoms with van der Waals surface area (Å²) in [6, 6.07) is 1.84. The molecule has 0 unspecified atom stereocenters. The molecule has 3 rings (SSSR count). The highest BCUT2D eigenvalue weighted by molar-refractivity contribution is 5.32. The van der Waals surface area contributed by atoms with Gasteiger partial charge in [-0.3, -0.25) is 4.79 Å². The third-order valence-corrected chi connectivity index (χ3v) is 5.17. The quantitative estimate of drug-likeness (QED) is 0.656. The number of rotatable bonds is 1. The molecule has 0 aromatic heterocycles. The Morgan fingerprint density at radius 1 is 1.38 bits per heavy atom. The van der Waals surface area contributed by atoms with Gasteiger partial charge in [0.2, 0.25) is 0 Å². The van der Waals surface area contributed by atoms with Crippen LogP contribution in [-0.2, 0) is 0 Å². The van der Waals surface area contributed by atoms with E-state index in [1.807, 2.05) is 6.07 Å². The van der Waals surface area contributed by atoms with E-state index < -0.39 is 0 Å². The highest BCUT2D eigenvalue weighted by Crippen LogP contribution is 2.54. The third-order valence-electron chi connectivity index (χ3n) is 5.17. The van der Waals surface area contributed by atoms with Gasteiger partial charge in [0.1, 0.15) is 0 Å². The summed E-state index contributed by atoms with van der Waals surface area (Å²) in [6.07, 6.45) is 8.68. The lowest BCUT2D eigenvalue weighted by Crippen LogP contribution is -2.35. The second-order valence-corrected chi connectivity index (χ2v) is 6.03. The summed E-state index contributed by atoms with van der Waals surface area (Å²) < 4.78 is 0. The Kier molecular flexibility index (Phi) is 2.14. The maximum Gasteiger partial charge on any atom is 0.182 e. The molecule has 0 heterocycles. The fraction of sp³-hybridized carbons (Fsp3) is 0.667. The van der Waals surface area contributed by atoms with Crippen LogP contribution in [0.3, 0.4) is 0 Å². The zero-order chi connectivity index (χ0) is 11.3. The van der Waals surface area contributed by atoms with Crippen LogP contribution >= 0.6 is 0 Å². The highest BCUT2D eigenvalue weighted by atomic mass is 16.1. The molecule has 1 saturated carbocycles. The maximum absolute atomic E-state index is 11.2. The average Bonchev–Trinajstić information content (AvgIpc) is 2.97. The Hall–Kier alpha value is -0.850. The molecule has 1 fully saturated rings. The molecule has 16 heavy (non-hydrogen) atoms. The van der Waals surface area contributed by atoms with Crippen LogP contribution in [0.25, 0.3) is 0 Å². The minimum absolute atomic E-state index is 0.324. The van der Waals surface area contributed by atoms with E-state index in [-0.39, 0.29) is 0 Å². The highest BCUT2D eigenvalue weighted by Gasteiger charge is 2.43. The Morgan fingerprint density at radius 3 is 2.81 bits per heavy atom. The van der Waals surface area contributed by atoms with Crippen molar-refractivity contribution in [3.63, 3.8) is 0 Å². The van der Waals surface area contributed by atoms with Gasteiger partial charge in [0, 0.05) is 5.56 Å². The first-order valence-corrected chi connectivity index (χ1v) is 6.56. The Morgan fingerprint density at radius 2 is 2.12 bits per heavy atom. The molecule has 2 aliphatic rings. The molecule has 1 heteroatoms. The predicted molar refractivity (Wildman–Crippen MR) is 66.3 cm³/mol. The molecule has 1 nitrogen and oxygen atoms in total. The smallest absolute Gasteiger partial charge is 0.182 e. The number of fused-ring (bicyclic) bond motifs is 1. The lowest BCUT2D eigenvalue weighted by molar-refractivity contribution is 0.164. The Bertz CT molecular complexity index is 447. The second-order valence-electron chi connectivity index (χ2n) is 6.03. The zero-order valence-corrected chi connectivity index (χ0v) is 10.3. The minimum Gasteiger partial charge on any atom is -0.290 e. The van der Waals surface area contributed by atoms with Crippen molar-refractivity contribution >= 4 is 0 Å². The average molecular weight is 216 g/mol. The van der Waals surface area contributed by atoms with E-state index in [0.29, 0.717) is 16.8 Å². The molecule has 0 amide bonds. The molecule has 1 aromatic carbocycles. The predicted octanol–water partition coefficient (Wildman–Crippen LogP) is 3.55. The van der Waals surface area contributed by atoms with Crippen LogP contribution in [0.5, 0.6) is 0 Å². The second kappa shape index (κ2) is 3.32. The van der Waals surface area contributed by atoms with Crippen molar-refractivity contribution in [3.05, 3.63) is 33.5 Å². The van der Waals surface area contributed by atoms with Crippen molar-refractivity contribution < 1.29 is 0 Å². The van der Waals surface area contributed by atoms with Crippen molar-refractivity contribution in [2.24, 2.45) is 11.3 Å². The van der Waals surface area contributed by atoms with Crippen LogP contribution in [0.1, 0.15) is 57.4 Å². The molecule has 3 atom stereocenters. The first-order valence-electron chi connectivity index (χ1n) is 6.56. The summed E-state index contributed by atoms with van der Waals surface area (Å²) >= 11 is 0. The van der Waals surface area contributed by atoms with Gasteiger partial charge in [-0.1, -0.05) is 25.5 Å². The van der Waals surface area contributed by atoms with Gasteiger partial charge in [0.05, 0.1) is 0 Å². The first kappa shape index (κ1) is 10.3. The number of hydrogen-bond acceptors (Lipinski definition) is 1. The van der Waals surface area contributed by atoms with Crippen LogP contribution in [0.4, 0.5) is 0 Å². The van der Waals surface area contributed by atoms with Crippen LogP contribution in [0.15, 0.2) is 22.5 Å². The van der Waals surface area contributed by atoms with E-state index in [0.717, 1.165) is 11.5 Å². The molecule has 0 radical (unpaired) electrons. The lowest BCUT2D eigenvalue weighted by atomic mass is 9.58. The molecule has 0 aliphatic heterocycles. The Labute approximate surface area is 97.2 Å². The van der Waals surface area contributed by atoms with Crippen molar-refractivity contribution in [2.45, 2.75) is 51.9 Å². The molecular weight excluding hydrogens is 196 g/mol. The van der Waals surface area contributed by atoms with Gasteiger partial charge in [0.15, 0.2) is 5.43 Å². The van der Waals surface area contributed by atoms with E-state index >= 15 is 0 Å². The minimum atomic E-state index is 0.324. The van der Waals surface area contributed by atoms with Gasteiger partial charge >= 0.3 is 0 Å². The van der Waals surface area contributed by atoms with E-state index in [4.69, 9.17) is 0 Å². The van der Waals surface area contributed by atoms with Gasteiger partial charge < -0.3 is 0 Å². The van der Waals surface area contributed by atoms with E-state index in [2.05, 4.69) is 19.9 Å². The molecule has 0 bridgehead atoms. The lowest BCUT2D eigenvalue weighted by Gasteiger charge is -2.46. The Balaban J connectivity index is 1.88. The van der Waals surface area contributed by atoms with E-state index in [1.54, 1.807) is 5.57 Å². The van der Waals surface area contributed by atoms with Crippen molar-refractivity contribution in [1.29, 1.82) is 0 Å². The monoisotopic (exact) mass is 216 g/mol. The molecule has 2 aliphatic carbocycles. The third kappa shape index (κ3) is 1.41. The first-order chi connectivity index (χ1) is 7.61. The van der Waals surface area contributed by atoms with Gasteiger partial charge in [-0.05, 0) is 55.4 Å². The van der Waals surface area contributed by atoms with Crippen molar-refractivity contribution in [1.82, 2.24) is 0 Å². The summed E-state index contributed by atoms with van der Waals surface area (Å²) in [4.78, 5) is 11.2. The topological polar surface area (TPSA) is 17.1 Å². The van der Waals surface area contributed by atoms with Crippen molar-refractivity contribution in [2.75, 3.05) is 0 Å². The van der Waals surface area contributed by atoms with Crippen LogP contribution in [-0.4, -0.2) is 0 Å². The molecule has 0 saturated heterocycles. The maximum atomic E-state index is 11.2. The summed E-state index contributed by atoms with van der Waals surface area (Å²) in [6.45, 7) is 4.81. The number of hydrogen-bond donors (Lipinski definition) is 0.